The second kappa shape index (κ2) is 5.82. The third-order valence-electron chi connectivity index (χ3n) is 3.02. The molecule has 1 atom stereocenters. The first kappa shape index (κ1) is 14.2. The van der Waals surface area contributed by atoms with Gasteiger partial charge in [0.05, 0.1) is 11.7 Å². The first-order valence-corrected chi connectivity index (χ1v) is 8.25. The van der Waals surface area contributed by atoms with Crippen molar-refractivity contribution in [2.75, 3.05) is 11.1 Å². The van der Waals surface area contributed by atoms with Gasteiger partial charge in [-0.1, -0.05) is 44.7 Å². The van der Waals surface area contributed by atoms with E-state index < -0.39 is 0 Å². The van der Waals surface area contributed by atoms with Crippen LogP contribution in [0.3, 0.4) is 0 Å². The van der Waals surface area contributed by atoms with Gasteiger partial charge in [-0.15, -0.1) is 0 Å². The van der Waals surface area contributed by atoms with Crippen molar-refractivity contribution in [3.63, 3.8) is 0 Å². The van der Waals surface area contributed by atoms with Crippen molar-refractivity contribution in [1.29, 1.82) is 0 Å². The molecule has 1 heterocycles. The predicted octanol–water partition coefficient (Wildman–Crippen LogP) is 4.61. The number of thioether (sulfide) groups is 1. The largest absolute Gasteiger partial charge is 0.334 e. The molecule has 18 heavy (non-hydrogen) atoms. The van der Waals surface area contributed by atoms with E-state index in [-0.39, 0.29) is 5.41 Å². The second-order valence-corrected chi connectivity index (χ2v) is 7.80. The highest BCUT2D eigenvalue weighted by molar-refractivity contribution is 14.1. The Kier molecular flexibility index (Phi) is 4.59. The van der Waals surface area contributed by atoms with Gasteiger partial charge in [-0.2, -0.15) is 0 Å². The van der Waals surface area contributed by atoms with Crippen molar-refractivity contribution in [2.24, 2.45) is 10.4 Å². The Morgan fingerprint density at radius 2 is 2.06 bits per heavy atom. The Hall–Kier alpha value is -0.230. The first-order chi connectivity index (χ1) is 8.47. The number of hydrogen-bond donors (Lipinski definition) is 1. The molecule has 2 nitrogen and oxygen atoms in total. The molecule has 0 amide bonds. The van der Waals surface area contributed by atoms with Crippen molar-refractivity contribution in [1.82, 2.24) is 0 Å². The number of halogens is 1. The number of para-hydroxylation sites is 1. The summed E-state index contributed by atoms with van der Waals surface area (Å²) in [6, 6.07) is 8.74. The molecular weight excluding hydrogens is 355 g/mol. The minimum Gasteiger partial charge on any atom is -0.334 e. The van der Waals surface area contributed by atoms with E-state index in [0.29, 0.717) is 6.04 Å². The molecule has 4 heteroatoms. The molecule has 0 spiro atoms. The van der Waals surface area contributed by atoms with Crippen LogP contribution in [0.25, 0.3) is 0 Å². The van der Waals surface area contributed by atoms with Gasteiger partial charge in [-0.05, 0) is 46.6 Å². The van der Waals surface area contributed by atoms with Crippen LogP contribution in [0.15, 0.2) is 29.3 Å². The summed E-state index contributed by atoms with van der Waals surface area (Å²) in [5, 5.41) is 4.52. The zero-order chi connectivity index (χ0) is 13.2. The lowest BCUT2D eigenvalue weighted by Crippen LogP contribution is -2.30. The SMILES string of the molecule is CC(C)(C)C1CCSC(Nc2ccccc2I)=N1. The van der Waals surface area contributed by atoms with E-state index in [0.717, 1.165) is 16.6 Å². The molecule has 1 aliphatic heterocycles. The van der Waals surface area contributed by atoms with Gasteiger partial charge in [0, 0.05) is 9.32 Å². The van der Waals surface area contributed by atoms with E-state index in [1.807, 2.05) is 11.8 Å². The Bertz CT molecular complexity index is 451. The Labute approximate surface area is 127 Å². The second-order valence-electron chi connectivity index (χ2n) is 5.56. The fourth-order valence-corrected chi connectivity index (χ4v) is 3.32. The maximum Gasteiger partial charge on any atom is 0.161 e. The van der Waals surface area contributed by atoms with Gasteiger partial charge in [-0.3, -0.25) is 4.99 Å². The number of benzene rings is 1. The summed E-state index contributed by atoms with van der Waals surface area (Å²) in [5.74, 6) is 1.15. The number of aliphatic imine (C=N–C) groups is 1. The highest BCUT2D eigenvalue weighted by atomic mass is 127. The van der Waals surface area contributed by atoms with Crippen LogP contribution >= 0.6 is 34.4 Å². The highest BCUT2D eigenvalue weighted by Gasteiger charge is 2.27. The van der Waals surface area contributed by atoms with Gasteiger partial charge in [0.25, 0.3) is 0 Å². The zero-order valence-corrected chi connectivity index (χ0v) is 14.0. The maximum absolute atomic E-state index is 4.85. The molecule has 1 aromatic rings. The van der Waals surface area contributed by atoms with Crippen LogP contribution < -0.4 is 5.32 Å². The van der Waals surface area contributed by atoms with Gasteiger partial charge in [0.1, 0.15) is 0 Å². The average Bonchev–Trinajstić information content (AvgIpc) is 2.31. The van der Waals surface area contributed by atoms with Crippen molar-refractivity contribution < 1.29 is 0 Å². The van der Waals surface area contributed by atoms with Crippen LogP contribution in [0.5, 0.6) is 0 Å². The molecule has 1 aliphatic rings. The molecule has 0 saturated heterocycles. The summed E-state index contributed by atoms with van der Waals surface area (Å²) in [7, 11) is 0. The molecule has 0 radical (unpaired) electrons. The number of nitrogens with zero attached hydrogens (tertiary/aromatic N) is 1. The monoisotopic (exact) mass is 374 g/mol. The smallest absolute Gasteiger partial charge is 0.161 e. The fraction of sp³-hybridized carbons (Fsp3) is 0.500. The quantitative estimate of drug-likeness (QED) is 0.726. The van der Waals surface area contributed by atoms with Crippen LogP contribution in [0.1, 0.15) is 27.2 Å². The molecule has 1 N–H and O–H groups in total. The van der Waals surface area contributed by atoms with E-state index in [1.54, 1.807) is 0 Å². The van der Waals surface area contributed by atoms with Crippen LogP contribution in [-0.2, 0) is 0 Å². The Morgan fingerprint density at radius 3 is 2.72 bits per heavy atom. The maximum atomic E-state index is 4.85. The molecule has 0 aliphatic carbocycles. The normalized spacial score (nSPS) is 20.4. The van der Waals surface area contributed by atoms with Gasteiger partial charge >= 0.3 is 0 Å². The predicted molar refractivity (Wildman–Crippen MR) is 90.5 cm³/mol. The number of nitrogens with one attached hydrogen (secondary N) is 1. The van der Waals surface area contributed by atoms with E-state index in [9.17, 15) is 0 Å². The molecule has 98 valence electrons. The number of anilines is 1. The number of hydrogen-bond acceptors (Lipinski definition) is 3. The molecule has 0 bridgehead atoms. The minimum atomic E-state index is 0.248. The lowest BCUT2D eigenvalue weighted by molar-refractivity contribution is 0.316. The molecule has 0 fully saturated rings. The third-order valence-corrected chi connectivity index (χ3v) is 4.88. The molecule has 1 unspecified atom stereocenters. The van der Waals surface area contributed by atoms with E-state index in [1.165, 1.54) is 9.99 Å². The highest BCUT2D eigenvalue weighted by Crippen LogP contribution is 2.31. The molecule has 0 saturated carbocycles. The standard InChI is InChI=1S/C14H19IN2S/c1-14(2,3)12-8-9-18-13(17-12)16-11-7-5-4-6-10(11)15/h4-7,12H,8-9H2,1-3H3,(H,16,17). The summed E-state index contributed by atoms with van der Waals surface area (Å²) >= 11 is 4.17. The molecule has 1 aromatic carbocycles. The first-order valence-electron chi connectivity index (χ1n) is 6.19. The van der Waals surface area contributed by atoms with E-state index >= 15 is 0 Å². The van der Waals surface area contributed by atoms with E-state index in [2.05, 4.69) is 72.9 Å². The molecular formula is C14H19IN2S. The lowest BCUT2D eigenvalue weighted by atomic mass is 9.85. The molecule has 2 rings (SSSR count). The van der Waals surface area contributed by atoms with Crippen LogP contribution in [-0.4, -0.2) is 17.0 Å². The van der Waals surface area contributed by atoms with Gasteiger partial charge in [-0.25, -0.2) is 0 Å². The average molecular weight is 374 g/mol. The minimum absolute atomic E-state index is 0.248. The van der Waals surface area contributed by atoms with Crippen molar-refractivity contribution >= 4 is 45.2 Å². The number of amidine groups is 1. The van der Waals surface area contributed by atoms with Crippen LogP contribution in [0, 0.1) is 8.99 Å². The zero-order valence-electron chi connectivity index (χ0n) is 11.0. The van der Waals surface area contributed by atoms with Crippen molar-refractivity contribution in [3.05, 3.63) is 27.8 Å². The summed E-state index contributed by atoms with van der Waals surface area (Å²) in [5.41, 5.74) is 1.40. The van der Waals surface area contributed by atoms with Gasteiger partial charge < -0.3 is 5.32 Å². The van der Waals surface area contributed by atoms with Gasteiger partial charge in [0.15, 0.2) is 5.17 Å². The summed E-state index contributed by atoms with van der Waals surface area (Å²) in [6.45, 7) is 6.79. The van der Waals surface area contributed by atoms with Gasteiger partial charge in [0.2, 0.25) is 0 Å². The van der Waals surface area contributed by atoms with Crippen LogP contribution in [0.4, 0.5) is 5.69 Å². The molecule has 0 aromatic heterocycles. The third kappa shape index (κ3) is 3.63. The number of rotatable bonds is 1. The summed E-state index contributed by atoms with van der Waals surface area (Å²) in [4.78, 5) is 4.85. The fourth-order valence-electron chi connectivity index (χ4n) is 1.88. The topological polar surface area (TPSA) is 24.4 Å². The Balaban J connectivity index is 2.14. The lowest BCUT2D eigenvalue weighted by Gasteiger charge is -2.31. The van der Waals surface area contributed by atoms with Crippen LogP contribution in [0.2, 0.25) is 0 Å². The Morgan fingerprint density at radius 1 is 1.33 bits per heavy atom. The summed E-state index contributed by atoms with van der Waals surface area (Å²) < 4.78 is 1.23. The van der Waals surface area contributed by atoms with Crippen molar-refractivity contribution in [3.8, 4) is 0 Å². The van der Waals surface area contributed by atoms with E-state index in [4.69, 9.17) is 4.99 Å². The summed E-state index contributed by atoms with van der Waals surface area (Å²) in [6.07, 6.45) is 1.17. The van der Waals surface area contributed by atoms with Crippen molar-refractivity contribution in [2.45, 2.75) is 33.2 Å².